The first-order valence-corrected chi connectivity index (χ1v) is 13.1. The molecule has 2 unspecified atom stereocenters. The van der Waals surface area contributed by atoms with Crippen LogP contribution in [0.2, 0.25) is 0 Å². The van der Waals surface area contributed by atoms with E-state index in [0.717, 1.165) is 0 Å². The minimum Gasteiger partial charge on any atom is -0.507 e. The van der Waals surface area contributed by atoms with Crippen LogP contribution in [0.1, 0.15) is 20.1 Å². The molecule has 0 amide bonds. The van der Waals surface area contributed by atoms with Crippen LogP contribution in [0.5, 0.6) is 5.75 Å². The van der Waals surface area contributed by atoms with Gasteiger partial charge in [0.15, 0.2) is 16.5 Å². The normalized spacial score (nSPS) is 16.8. The minimum absolute atomic E-state index is 0.189. The molecule has 0 aliphatic heterocycles. The summed E-state index contributed by atoms with van der Waals surface area (Å²) in [4.78, 5) is 11.8. The third-order valence-electron chi connectivity index (χ3n) is 4.73. The highest BCUT2D eigenvalue weighted by molar-refractivity contribution is 8.07. The number of benzene rings is 1. The van der Waals surface area contributed by atoms with E-state index in [1.807, 2.05) is 0 Å². The molecule has 4 atom stereocenters. The third-order valence-corrected chi connectivity index (χ3v) is 8.97. The van der Waals surface area contributed by atoms with E-state index in [0.29, 0.717) is 11.2 Å². The molecule has 15 heteroatoms. The average molecular weight is 500 g/mol. The van der Waals surface area contributed by atoms with E-state index in [9.17, 15) is 22.8 Å². The van der Waals surface area contributed by atoms with Crippen molar-refractivity contribution in [3.63, 3.8) is 0 Å². The number of sulfonamides is 1. The number of nitrogen functional groups attached to an aromatic ring is 1. The van der Waals surface area contributed by atoms with Crippen LogP contribution in [0.3, 0.4) is 0 Å². The molecule has 0 fully saturated rings. The van der Waals surface area contributed by atoms with Crippen molar-refractivity contribution in [2.24, 2.45) is 0 Å². The second-order valence-electron chi connectivity index (χ2n) is 7.32. The number of fused-ring (bicyclic) bond motifs is 1. The molecule has 3 aromatic rings. The van der Waals surface area contributed by atoms with Gasteiger partial charge in [0.05, 0.1) is 33.2 Å². The number of aliphatic hydroxyl groups excluding tert-OH is 1. The summed E-state index contributed by atoms with van der Waals surface area (Å²) < 4.78 is 55.2. The van der Waals surface area contributed by atoms with Gasteiger partial charge in [0.25, 0.3) is 0 Å². The molecular weight excluding hydrogens is 474 g/mol. The zero-order valence-electron chi connectivity index (χ0n) is 17.8. The van der Waals surface area contributed by atoms with Gasteiger partial charge >= 0.3 is 0 Å². The Hall–Kier alpha value is -2.85. The Labute approximate surface area is 190 Å². The Morgan fingerprint density at radius 1 is 1.21 bits per heavy atom. The summed E-state index contributed by atoms with van der Waals surface area (Å²) >= 11 is 0. The molecule has 13 nitrogen and oxygen atoms in total. The highest BCUT2D eigenvalue weighted by Crippen LogP contribution is 2.24. The van der Waals surface area contributed by atoms with Gasteiger partial charge in [0, 0.05) is 6.54 Å². The number of aromatic nitrogens is 4. The van der Waals surface area contributed by atoms with Crippen LogP contribution in [0.15, 0.2) is 41.8 Å². The molecule has 0 saturated heterocycles. The predicted octanol–water partition coefficient (Wildman–Crippen LogP) is 0.381. The largest absolute Gasteiger partial charge is 0.507 e. The summed E-state index contributed by atoms with van der Waals surface area (Å²) in [6, 6.07) is 5.37. The molecule has 2 heterocycles. The second-order valence-corrected chi connectivity index (χ2v) is 11.6. The number of para-hydroxylation sites is 1. The lowest BCUT2D eigenvalue weighted by atomic mass is 10.2. The topological polar surface area (TPSA) is 206 Å². The summed E-state index contributed by atoms with van der Waals surface area (Å²) in [6.07, 6.45) is -0.0895. The van der Waals surface area contributed by atoms with Crippen molar-refractivity contribution in [2.75, 3.05) is 17.4 Å². The van der Waals surface area contributed by atoms with E-state index in [4.69, 9.17) is 15.3 Å². The van der Waals surface area contributed by atoms with Gasteiger partial charge in [-0.3, -0.25) is 4.57 Å². The molecule has 0 aliphatic carbocycles. The van der Waals surface area contributed by atoms with Crippen LogP contribution in [0.4, 0.5) is 5.82 Å². The Morgan fingerprint density at radius 2 is 1.91 bits per heavy atom. The minimum atomic E-state index is -4.23. The summed E-state index contributed by atoms with van der Waals surface area (Å²) in [5, 5.41) is 18.9. The van der Waals surface area contributed by atoms with Crippen molar-refractivity contribution in [3.05, 3.63) is 36.9 Å². The highest BCUT2D eigenvalue weighted by atomic mass is 32.3. The lowest BCUT2D eigenvalue weighted by Gasteiger charge is -2.25. The van der Waals surface area contributed by atoms with Crippen molar-refractivity contribution in [1.82, 2.24) is 24.2 Å². The van der Waals surface area contributed by atoms with Gasteiger partial charge in [-0.15, -0.1) is 0 Å². The number of nitrogens with zero attached hydrogens (tertiary/aromatic N) is 4. The standard InChI is InChI=1S/C18H25N7O6S2/c1-11(26)14(31-12(2)25-9-23-16-17(19)21-8-22-18(16)25)7-24-33(29,30)10-32(20,28)15-6-4-3-5-13(15)27/h3-6,8-9,11-12,14,20,24,26-27H,7,10H2,1-2H3,(H2,19,21,22)/t11?,12-,14-,32?/m1/s1. The molecule has 0 radical (unpaired) electrons. The van der Waals surface area contributed by atoms with E-state index >= 15 is 0 Å². The summed E-state index contributed by atoms with van der Waals surface area (Å²) in [7, 11) is -8.08. The number of imidazole rings is 1. The first-order valence-electron chi connectivity index (χ1n) is 9.69. The van der Waals surface area contributed by atoms with Crippen molar-refractivity contribution >= 4 is 36.7 Å². The molecule has 180 valence electrons. The van der Waals surface area contributed by atoms with Gasteiger partial charge in [-0.1, -0.05) is 12.1 Å². The first kappa shape index (κ1) is 24.8. The van der Waals surface area contributed by atoms with E-state index in [-0.39, 0.29) is 17.3 Å². The fourth-order valence-corrected chi connectivity index (χ4v) is 6.77. The monoisotopic (exact) mass is 499 g/mol. The van der Waals surface area contributed by atoms with Gasteiger partial charge < -0.3 is 20.7 Å². The van der Waals surface area contributed by atoms with Crippen LogP contribution in [0, 0.1) is 4.78 Å². The van der Waals surface area contributed by atoms with Crippen LogP contribution in [0.25, 0.3) is 11.2 Å². The number of rotatable bonds is 10. The molecule has 3 rings (SSSR count). The number of phenolic OH excluding ortho intramolecular Hbond substituents is 1. The zero-order chi connectivity index (χ0) is 24.4. The molecule has 33 heavy (non-hydrogen) atoms. The highest BCUT2D eigenvalue weighted by Gasteiger charge is 2.27. The maximum atomic E-state index is 12.7. The van der Waals surface area contributed by atoms with Gasteiger partial charge in [-0.25, -0.2) is 37.1 Å². The van der Waals surface area contributed by atoms with Crippen molar-refractivity contribution in [3.8, 4) is 5.75 Å². The van der Waals surface area contributed by atoms with Gasteiger partial charge in [0.2, 0.25) is 10.0 Å². The molecule has 0 spiro atoms. The van der Waals surface area contributed by atoms with Gasteiger partial charge in [-0.05, 0) is 26.0 Å². The number of anilines is 1. The van der Waals surface area contributed by atoms with Crippen molar-refractivity contribution in [1.29, 1.82) is 4.78 Å². The number of hydrogen-bond acceptors (Lipinski definition) is 11. The van der Waals surface area contributed by atoms with Gasteiger partial charge in [-0.2, -0.15) is 0 Å². The first-order chi connectivity index (χ1) is 15.4. The third kappa shape index (κ3) is 5.75. The zero-order valence-corrected chi connectivity index (χ0v) is 19.5. The fourth-order valence-electron chi connectivity index (χ4n) is 3.06. The van der Waals surface area contributed by atoms with Crippen molar-refractivity contribution < 1.29 is 27.6 Å². The van der Waals surface area contributed by atoms with E-state index < -0.39 is 49.0 Å². The maximum absolute atomic E-state index is 12.7. The fraction of sp³-hybridized carbons (Fsp3) is 0.389. The molecule has 1 aromatic carbocycles. The molecule has 6 N–H and O–H groups in total. The molecule has 0 bridgehead atoms. The number of nitrogens with two attached hydrogens (primary N) is 1. The molecular formula is C18H25N7O6S2. The maximum Gasteiger partial charge on any atom is 0.224 e. The Bertz CT molecular complexity index is 1340. The number of aromatic hydroxyl groups is 1. The predicted molar refractivity (Wildman–Crippen MR) is 120 cm³/mol. The van der Waals surface area contributed by atoms with Crippen LogP contribution < -0.4 is 10.5 Å². The number of ether oxygens (including phenoxy) is 1. The summed E-state index contributed by atoms with van der Waals surface area (Å²) in [5.41, 5.74) is 6.55. The summed E-state index contributed by atoms with van der Waals surface area (Å²) in [5.74, 6) is -0.238. The number of phenols is 1. The van der Waals surface area contributed by atoms with E-state index in [1.165, 1.54) is 43.8 Å². The van der Waals surface area contributed by atoms with E-state index in [2.05, 4.69) is 19.7 Å². The van der Waals surface area contributed by atoms with Gasteiger partial charge in [0.1, 0.15) is 23.8 Å². The lowest BCUT2D eigenvalue weighted by Crippen LogP contribution is -2.42. The lowest BCUT2D eigenvalue weighted by molar-refractivity contribution is -0.0878. The Kier molecular flexibility index (Phi) is 7.18. The number of nitrogens with one attached hydrogen (secondary N) is 2. The summed E-state index contributed by atoms with van der Waals surface area (Å²) in [6.45, 7) is 2.72. The molecule has 0 saturated carbocycles. The van der Waals surface area contributed by atoms with Crippen molar-refractivity contribution in [2.45, 2.75) is 37.2 Å². The quantitative estimate of drug-likeness (QED) is 0.259. The SMILES string of the molecule is CC(O)[C@@H](CNS(=O)(=O)CS(=N)(=O)c1ccccc1O)O[C@H](C)n1cnc2c(N)ncnc21. The molecule has 0 aliphatic rings. The Morgan fingerprint density at radius 3 is 2.58 bits per heavy atom. The second kappa shape index (κ2) is 9.56. The van der Waals surface area contributed by atoms with Crippen LogP contribution in [-0.2, 0) is 24.5 Å². The number of aliphatic hydroxyl groups is 1. The van der Waals surface area contributed by atoms with Crippen LogP contribution >= 0.6 is 0 Å². The molecule has 2 aromatic heterocycles. The smallest absolute Gasteiger partial charge is 0.224 e. The van der Waals surface area contributed by atoms with E-state index in [1.54, 1.807) is 11.5 Å². The number of hydrogen-bond donors (Lipinski definition) is 5. The Balaban J connectivity index is 1.70. The van der Waals surface area contributed by atoms with Crippen LogP contribution in [-0.4, -0.2) is 66.2 Å². The average Bonchev–Trinajstić information content (AvgIpc) is 3.16.